The van der Waals surface area contributed by atoms with E-state index in [1.54, 1.807) is 6.20 Å². The summed E-state index contributed by atoms with van der Waals surface area (Å²) >= 11 is 0. The van der Waals surface area contributed by atoms with E-state index in [2.05, 4.69) is 19.5 Å². The summed E-state index contributed by atoms with van der Waals surface area (Å²) in [7, 11) is 1.30. The third kappa shape index (κ3) is 4.63. The molecule has 0 aliphatic carbocycles. The molecule has 150 valence electrons. The fourth-order valence-corrected chi connectivity index (χ4v) is 3.15. The van der Waals surface area contributed by atoms with Gasteiger partial charge in [-0.05, 0) is 18.2 Å². The molecule has 0 N–H and O–H groups in total. The van der Waals surface area contributed by atoms with E-state index < -0.39 is 11.5 Å². The van der Waals surface area contributed by atoms with Crippen LogP contribution in [0.2, 0.25) is 0 Å². The standard InChI is InChI=1S/C18H20F2N4O4/c1-27-15-10-13(14(24(25)26)11-16(15)28-18(19)20)12-22-6-8-23(9-7-22)17-4-2-3-5-21-17/h2-5,10-11,18H,6-9,12H2,1H3. The number of hydrogen-bond donors (Lipinski definition) is 0. The Bertz CT molecular complexity index is 815. The van der Waals surface area contributed by atoms with Gasteiger partial charge in [0.15, 0.2) is 11.5 Å². The van der Waals surface area contributed by atoms with Crippen LogP contribution in [0.15, 0.2) is 36.5 Å². The van der Waals surface area contributed by atoms with Gasteiger partial charge in [0.1, 0.15) is 5.82 Å². The maximum Gasteiger partial charge on any atom is 0.387 e. The van der Waals surface area contributed by atoms with Crippen LogP contribution in [0.25, 0.3) is 0 Å². The summed E-state index contributed by atoms with van der Waals surface area (Å²) < 4.78 is 34.5. The van der Waals surface area contributed by atoms with Gasteiger partial charge in [-0.1, -0.05) is 6.07 Å². The van der Waals surface area contributed by atoms with Gasteiger partial charge in [0.25, 0.3) is 5.69 Å². The van der Waals surface area contributed by atoms with Crippen molar-refractivity contribution in [1.82, 2.24) is 9.88 Å². The highest BCUT2D eigenvalue weighted by Crippen LogP contribution is 2.36. The van der Waals surface area contributed by atoms with E-state index in [1.807, 2.05) is 18.2 Å². The van der Waals surface area contributed by atoms with Gasteiger partial charge in [-0.15, -0.1) is 0 Å². The summed E-state index contributed by atoms with van der Waals surface area (Å²) in [5.41, 5.74) is 0.110. The van der Waals surface area contributed by atoms with Gasteiger partial charge in [-0.2, -0.15) is 8.78 Å². The first-order valence-electron chi connectivity index (χ1n) is 8.66. The van der Waals surface area contributed by atoms with Crippen molar-refractivity contribution in [3.05, 3.63) is 52.2 Å². The smallest absolute Gasteiger partial charge is 0.387 e. The molecule has 1 aromatic carbocycles. The second-order valence-corrected chi connectivity index (χ2v) is 6.22. The molecule has 1 aliphatic rings. The van der Waals surface area contributed by atoms with Crippen LogP contribution >= 0.6 is 0 Å². The second-order valence-electron chi connectivity index (χ2n) is 6.22. The lowest BCUT2D eigenvalue weighted by Crippen LogP contribution is -2.46. The number of nitro groups is 1. The zero-order valence-corrected chi connectivity index (χ0v) is 15.3. The number of benzene rings is 1. The lowest BCUT2D eigenvalue weighted by molar-refractivity contribution is -0.385. The van der Waals surface area contributed by atoms with Gasteiger partial charge in [-0.25, -0.2) is 4.98 Å². The molecule has 2 heterocycles. The molecule has 8 nitrogen and oxygen atoms in total. The van der Waals surface area contributed by atoms with Crippen molar-refractivity contribution in [1.29, 1.82) is 0 Å². The molecule has 0 radical (unpaired) electrons. The third-order valence-corrected chi connectivity index (χ3v) is 4.52. The zero-order valence-electron chi connectivity index (χ0n) is 15.3. The highest BCUT2D eigenvalue weighted by molar-refractivity contribution is 5.54. The summed E-state index contributed by atoms with van der Waals surface area (Å²) in [4.78, 5) is 19.4. The van der Waals surface area contributed by atoms with Gasteiger partial charge < -0.3 is 14.4 Å². The van der Waals surface area contributed by atoms with Crippen LogP contribution in [0.5, 0.6) is 11.5 Å². The summed E-state index contributed by atoms with van der Waals surface area (Å²) in [6.07, 6.45) is 1.74. The van der Waals surface area contributed by atoms with E-state index in [9.17, 15) is 18.9 Å². The Morgan fingerprint density at radius 3 is 2.54 bits per heavy atom. The van der Waals surface area contributed by atoms with E-state index in [-0.39, 0.29) is 17.2 Å². The molecule has 0 spiro atoms. The lowest BCUT2D eigenvalue weighted by atomic mass is 10.1. The van der Waals surface area contributed by atoms with E-state index in [1.165, 1.54) is 13.2 Å². The maximum atomic E-state index is 12.6. The molecule has 28 heavy (non-hydrogen) atoms. The summed E-state index contributed by atoms with van der Waals surface area (Å²) in [5.74, 6) is 0.573. The van der Waals surface area contributed by atoms with E-state index in [0.717, 1.165) is 25.0 Å². The van der Waals surface area contributed by atoms with Crippen LogP contribution in [-0.4, -0.2) is 54.7 Å². The van der Waals surface area contributed by atoms with Gasteiger partial charge in [0.2, 0.25) is 0 Å². The molecular formula is C18H20F2N4O4. The van der Waals surface area contributed by atoms with E-state index in [0.29, 0.717) is 25.2 Å². The summed E-state index contributed by atoms with van der Waals surface area (Å²) in [5, 5.41) is 11.4. The number of pyridine rings is 1. The molecule has 0 saturated carbocycles. The monoisotopic (exact) mass is 394 g/mol. The van der Waals surface area contributed by atoms with Crippen LogP contribution in [0.1, 0.15) is 5.56 Å². The summed E-state index contributed by atoms with van der Waals surface area (Å²) in [6.45, 7) is 0.0382. The Kier molecular flexibility index (Phi) is 6.19. The number of aromatic nitrogens is 1. The molecular weight excluding hydrogens is 374 g/mol. The van der Waals surface area contributed by atoms with Crippen molar-refractivity contribution in [3.8, 4) is 11.5 Å². The molecule has 0 unspecified atom stereocenters. The second kappa shape index (κ2) is 8.79. The molecule has 0 bridgehead atoms. The number of rotatable bonds is 7. The molecule has 1 saturated heterocycles. The van der Waals surface area contributed by atoms with E-state index in [4.69, 9.17) is 4.74 Å². The van der Waals surface area contributed by atoms with Gasteiger partial charge in [0, 0.05) is 44.5 Å². The van der Waals surface area contributed by atoms with Crippen LogP contribution in [0.3, 0.4) is 0 Å². The Morgan fingerprint density at radius 1 is 1.21 bits per heavy atom. The first kappa shape index (κ1) is 19.7. The topological polar surface area (TPSA) is 81.0 Å². The minimum Gasteiger partial charge on any atom is -0.493 e. The van der Waals surface area contributed by atoms with Crippen LogP contribution < -0.4 is 14.4 Å². The number of alkyl halides is 2. The number of methoxy groups -OCH3 is 1. The van der Waals surface area contributed by atoms with E-state index >= 15 is 0 Å². The molecule has 2 aromatic rings. The number of anilines is 1. The van der Waals surface area contributed by atoms with Crippen LogP contribution in [-0.2, 0) is 6.54 Å². The number of piperazine rings is 1. The Balaban J connectivity index is 1.74. The van der Waals surface area contributed by atoms with Gasteiger partial charge >= 0.3 is 6.61 Å². The number of hydrogen-bond acceptors (Lipinski definition) is 7. The number of ether oxygens (including phenoxy) is 2. The average molecular weight is 394 g/mol. The molecule has 3 rings (SSSR count). The molecule has 1 aliphatic heterocycles. The van der Waals surface area contributed by atoms with Crippen molar-refractivity contribution in [3.63, 3.8) is 0 Å². The zero-order chi connectivity index (χ0) is 20.1. The molecule has 10 heteroatoms. The predicted octanol–water partition coefficient (Wildman–Crippen LogP) is 2.92. The lowest BCUT2D eigenvalue weighted by Gasteiger charge is -2.35. The third-order valence-electron chi connectivity index (χ3n) is 4.52. The Morgan fingerprint density at radius 2 is 1.96 bits per heavy atom. The Hall–Kier alpha value is -3.01. The van der Waals surface area contributed by atoms with Crippen molar-refractivity contribution in [2.45, 2.75) is 13.2 Å². The normalized spacial score (nSPS) is 14.9. The Labute approximate surface area is 160 Å². The van der Waals surface area contributed by atoms with Crippen molar-refractivity contribution in [2.75, 3.05) is 38.2 Å². The van der Waals surface area contributed by atoms with Crippen molar-refractivity contribution in [2.24, 2.45) is 0 Å². The van der Waals surface area contributed by atoms with Crippen molar-refractivity contribution < 1.29 is 23.2 Å². The predicted molar refractivity (Wildman–Crippen MR) is 98.0 cm³/mol. The first-order valence-corrected chi connectivity index (χ1v) is 8.66. The fourth-order valence-electron chi connectivity index (χ4n) is 3.15. The minimum absolute atomic E-state index is 0.0352. The van der Waals surface area contributed by atoms with Gasteiger partial charge in [0.05, 0.1) is 18.1 Å². The summed E-state index contributed by atoms with van der Waals surface area (Å²) in [6, 6.07) is 8.10. The maximum absolute atomic E-state index is 12.6. The minimum atomic E-state index is -3.10. The SMILES string of the molecule is COc1cc(CN2CCN(c3ccccn3)CC2)c([N+](=O)[O-])cc1OC(F)F. The number of nitrogens with zero attached hydrogens (tertiary/aromatic N) is 4. The van der Waals surface area contributed by atoms with Crippen molar-refractivity contribution >= 4 is 11.5 Å². The first-order chi connectivity index (χ1) is 13.5. The highest BCUT2D eigenvalue weighted by Gasteiger charge is 2.25. The molecule has 0 amide bonds. The van der Waals surface area contributed by atoms with Crippen LogP contribution in [0, 0.1) is 10.1 Å². The van der Waals surface area contributed by atoms with Crippen LogP contribution in [0.4, 0.5) is 20.3 Å². The fraction of sp³-hybridized carbons (Fsp3) is 0.389. The molecule has 1 fully saturated rings. The van der Waals surface area contributed by atoms with Gasteiger partial charge in [-0.3, -0.25) is 15.0 Å². The quantitative estimate of drug-likeness (QED) is 0.528. The number of nitro benzene ring substituents is 1. The number of halogens is 2. The molecule has 0 atom stereocenters. The average Bonchev–Trinajstić information content (AvgIpc) is 2.69. The largest absolute Gasteiger partial charge is 0.493 e. The highest BCUT2D eigenvalue weighted by atomic mass is 19.3. The molecule has 1 aromatic heterocycles.